The van der Waals surface area contributed by atoms with Gasteiger partial charge in [0, 0.05) is 23.5 Å². The third kappa shape index (κ3) is 6.05. The van der Waals surface area contributed by atoms with Crippen LogP contribution in [0.15, 0.2) is 48.8 Å². The van der Waals surface area contributed by atoms with Crippen LogP contribution >= 0.6 is 0 Å². The molecule has 0 bridgehead atoms. The number of nitrogens with zero attached hydrogens (tertiary/aromatic N) is 2. The minimum atomic E-state index is -1.49. The molecule has 1 saturated carbocycles. The molecule has 0 amide bonds. The molecule has 0 N–H and O–H groups in total. The summed E-state index contributed by atoms with van der Waals surface area (Å²) in [7, 11) is 0. The van der Waals surface area contributed by atoms with Gasteiger partial charge in [0.05, 0.1) is 0 Å². The quantitative estimate of drug-likeness (QED) is 0.232. The molecule has 1 aliphatic rings. The van der Waals surface area contributed by atoms with Crippen molar-refractivity contribution in [1.29, 1.82) is 0 Å². The molecule has 1 aromatic heterocycles. The number of benzene rings is 2. The van der Waals surface area contributed by atoms with Crippen LogP contribution < -0.4 is 0 Å². The first-order valence-electron chi connectivity index (χ1n) is 12.6. The second kappa shape index (κ2) is 11.6. The van der Waals surface area contributed by atoms with Crippen LogP contribution in [0.3, 0.4) is 0 Å². The Morgan fingerprint density at radius 2 is 1.35 bits per heavy atom. The van der Waals surface area contributed by atoms with Gasteiger partial charge < -0.3 is 0 Å². The first-order chi connectivity index (χ1) is 16.5. The van der Waals surface area contributed by atoms with Crippen molar-refractivity contribution in [3.05, 3.63) is 71.8 Å². The van der Waals surface area contributed by atoms with E-state index >= 15 is 0 Å². The largest absolute Gasteiger partial charge is 0.236 e. The van der Waals surface area contributed by atoms with Crippen molar-refractivity contribution in [1.82, 2.24) is 9.97 Å². The summed E-state index contributed by atoms with van der Waals surface area (Å²) in [5.74, 6) is -2.31. The van der Waals surface area contributed by atoms with E-state index in [0.29, 0.717) is 5.92 Å². The van der Waals surface area contributed by atoms with E-state index < -0.39 is 17.5 Å². The fraction of sp³-hybridized carbons (Fsp3) is 0.448. The first kappa shape index (κ1) is 24.4. The van der Waals surface area contributed by atoms with Crippen molar-refractivity contribution in [2.75, 3.05) is 0 Å². The SMILES string of the molecule is CCCCCCC[C@H]1CC[C@H](c2ccc(-c3cnc(-c4cc(F)c(F)c(F)c4)nc3)cc2)CC1. The minimum absolute atomic E-state index is 0.106. The molecule has 2 nitrogen and oxygen atoms in total. The highest BCUT2D eigenvalue weighted by atomic mass is 19.2. The molecule has 34 heavy (non-hydrogen) atoms. The lowest BCUT2D eigenvalue weighted by Crippen LogP contribution is -2.13. The number of hydrogen-bond acceptors (Lipinski definition) is 2. The molecule has 2 aromatic carbocycles. The number of rotatable bonds is 9. The van der Waals surface area contributed by atoms with E-state index in [1.807, 2.05) is 0 Å². The van der Waals surface area contributed by atoms with Crippen molar-refractivity contribution in [2.24, 2.45) is 5.92 Å². The zero-order chi connectivity index (χ0) is 23.9. The van der Waals surface area contributed by atoms with Crippen LogP contribution in [0.5, 0.6) is 0 Å². The van der Waals surface area contributed by atoms with Crippen LogP contribution in [0.2, 0.25) is 0 Å². The Morgan fingerprint density at radius 3 is 1.97 bits per heavy atom. The lowest BCUT2D eigenvalue weighted by atomic mass is 9.77. The van der Waals surface area contributed by atoms with E-state index in [1.54, 1.807) is 12.4 Å². The van der Waals surface area contributed by atoms with Gasteiger partial charge in [-0.1, -0.05) is 69.7 Å². The lowest BCUT2D eigenvalue weighted by Gasteiger charge is -2.29. The molecule has 1 fully saturated rings. The molecule has 0 spiro atoms. The fourth-order valence-corrected chi connectivity index (χ4v) is 5.08. The van der Waals surface area contributed by atoms with Gasteiger partial charge in [-0.15, -0.1) is 0 Å². The highest BCUT2D eigenvalue weighted by Gasteiger charge is 2.22. The fourth-order valence-electron chi connectivity index (χ4n) is 5.08. The van der Waals surface area contributed by atoms with Crippen LogP contribution in [0.25, 0.3) is 22.5 Å². The van der Waals surface area contributed by atoms with Crippen molar-refractivity contribution in [3.63, 3.8) is 0 Å². The maximum atomic E-state index is 13.5. The molecular formula is C29H33F3N2. The summed E-state index contributed by atoms with van der Waals surface area (Å²) >= 11 is 0. The molecule has 180 valence electrons. The van der Waals surface area contributed by atoms with Gasteiger partial charge in [0.15, 0.2) is 23.3 Å². The molecule has 0 aliphatic heterocycles. The summed E-state index contributed by atoms with van der Waals surface area (Å²) < 4.78 is 40.2. The van der Waals surface area contributed by atoms with E-state index in [9.17, 15) is 13.2 Å². The molecule has 0 radical (unpaired) electrons. The molecule has 3 aromatic rings. The Hall–Kier alpha value is -2.69. The van der Waals surface area contributed by atoms with Gasteiger partial charge in [0.25, 0.3) is 0 Å². The summed E-state index contributed by atoms with van der Waals surface area (Å²) in [6.07, 6.45) is 16.7. The summed E-state index contributed by atoms with van der Waals surface area (Å²) in [5.41, 5.74) is 3.31. The number of aromatic nitrogens is 2. The smallest absolute Gasteiger partial charge is 0.194 e. The van der Waals surface area contributed by atoms with Crippen molar-refractivity contribution >= 4 is 0 Å². The maximum absolute atomic E-state index is 13.5. The van der Waals surface area contributed by atoms with Crippen molar-refractivity contribution in [3.8, 4) is 22.5 Å². The van der Waals surface area contributed by atoms with Crippen LogP contribution in [0, 0.1) is 23.4 Å². The van der Waals surface area contributed by atoms with Gasteiger partial charge in [-0.05, 0) is 60.8 Å². The number of unbranched alkanes of at least 4 members (excludes halogenated alkanes) is 4. The highest BCUT2D eigenvalue weighted by molar-refractivity contribution is 5.64. The zero-order valence-corrected chi connectivity index (χ0v) is 19.9. The second-order valence-corrected chi connectivity index (χ2v) is 9.59. The highest BCUT2D eigenvalue weighted by Crippen LogP contribution is 2.38. The molecular weight excluding hydrogens is 433 g/mol. The van der Waals surface area contributed by atoms with Gasteiger partial charge in [0.1, 0.15) is 0 Å². The van der Waals surface area contributed by atoms with Crippen LogP contribution in [-0.2, 0) is 0 Å². The normalized spacial score (nSPS) is 18.2. The predicted molar refractivity (Wildman–Crippen MR) is 131 cm³/mol. The van der Waals surface area contributed by atoms with Gasteiger partial charge in [-0.25, -0.2) is 23.1 Å². The summed E-state index contributed by atoms with van der Waals surface area (Å²) in [5, 5.41) is 0. The summed E-state index contributed by atoms with van der Waals surface area (Å²) in [6.45, 7) is 2.26. The van der Waals surface area contributed by atoms with Crippen molar-refractivity contribution < 1.29 is 13.2 Å². The topological polar surface area (TPSA) is 25.8 Å². The monoisotopic (exact) mass is 466 g/mol. The Labute approximate surface area is 200 Å². The maximum Gasteiger partial charge on any atom is 0.194 e. The van der Waals surface area contributed by atoms with Crippen LogP contribution in [0.1, 0.15) is 82.6 Å². The molecule has 0 unspecified atom stereocenters. The van der Waals surface area contributed by atoms with E-state index in [4.69, 9.17) is 0 Å². The summed E-state index contributed by atoms with van der Waals surface area (Å²) in [4.78, 5) is 8.46. The average Bonchev–Trinajstić information content (AvgIpc) is 2.87. The van der Waals surface area contributed by atoms with E-state index in [-0.39, 0.29) is 11.4 Å². The third-order valence-electron chi connectivity index (χ3n) is 7.17. The first-order valence-corrected chi connectivity index (χ1v) is 12.6. The van der Waals surface area contributed by atoms with E-state index in [0.717, 1.165) is 29.2 Å². The van der Waals surface area contributed by atoms with Gasteiger partial charge in [0.2, 0.25) is 0 Å². The summed E-state index contributed by atoms with van der Waals surface area (Å²) in [6, 6.07) is 10.4. The molecule has 4 rings (SSSR count). The van der Waals surface area contributed by atoms with Crippen molar-refractivity contribution in [2.45, 2.75) is 77.0 Å². The Balaban J connectivity index is 1.32. The minimum Gasteiger partial charge on any atom is -0.236 e. The molecule has 5 heteroatoms. The number of halogens is 3. The Morgan fingerprint density at radius 1 is 0.735 bits per heavy atom. The lowest BCUT2D eigenvalue weighted by molar-refractivity contribution is 0.302. The van der Waals surface area contributed by atoms with E-state index in [1.165, 1.54) is 69.8 Å². The van der Waals surface area contributed by atoms with Gasteiger partial charge in [-0.3, -0.25) is 0 Å². The molecule has 1 heterocycles. The zero-order valence-electron chi connectivity index (χ0n) is 19.9. The molecule has 0 saturated heterocycles. The second-order valence-electron chi connectivity index (χ2n) is 9.59. The molecule has 1 aliphatic carbocycles. The molecule has 0 atom stereocenters. The standard InChI is InChI=1S/C29H33F3N2/c1-2-3-4-5-6-7-20-8-10-21(11-9-20)22-12-14-23(15-13-22)25-18-33-29(34-19-25)24-16-26(30)28(32)27(31)17-24/h12-21H,2-11H2,1H3/t20-,21-. The third-order valence-corrected chi connectivity index (χ3v) is 7.17. The number of hydrogen-bond donors (Lipinski definition) is 0. The Kier molecular flexibility index (Phi) is 8.36. The average molecular weight is 467 g/mol. The Bertz CT molecular complexity index is 1030. The van der Waals surface area contributed by atoms with E-state index in [2.05, 4.69) is 41.2 Å². The van der Waals surface area contributed by atoms with Crippen LogP contribution in [0.4, 0.5) is 13.2 Å². The van der Waals surface area contributed by atoms with Crippen LogP contribution in [-0.4, -0.2) is 9.97 Å². The predicted octanol–water partition coefficient (Wildman–Crippen LogP) is 8.86. The van der Waals surface area contributed by atoms with Gasteiger partial charge >= 0.3 is 0 Å². The van der Waals surface area contributed by atoms with Gasteiger partial charge in [-0.2, -0.15) is 0 Å².